The molecule has 58 valence electrons. The molecule has 0 saturated heterocycles. The van der Waals surface area contributed by atoms with Gasteiger partial charge in [0.15, 0.2) is 0 Å². The van der Waals surface area contributed by atoms with Crippen molar-refractivity contribution in [1.29, 1.82) is 0 Å². The van der Waals surface area contributed by atoms with Gasteiger partial charge in [-0.3, -0.25) is 0 Å². The minimum Gasteiger partial charge on any atom is -0.0708 e. The van der Waals surface area contributed by atoms with Gasteiger partial charge in [-0.25, -0.2) is 0 Å². The molecule has 10 heavy (non-hydrogen) atoms. The first kappa shape index (κ1) is 11.6. The molecule has 0 aliphatic carbocycles. The molecule has 0 saturated carbocycles. The Balaban J connectivity index is 0.000000236. The minimum atomic E-state index is 0.530. The van der Waals surface area contributed by atoms with Crippen molar-refractivity contribution in [1.82, 2.24) is 0 Å². The zero-order chi connectivity index (χ0) is 7.82. The third-order valence-corrected chi connectivity index (χ3v) is 1.61. The monoisotopic (exact) mass is 489 g/mol. The second-order valence-corrected chi connectivity index (χ2v) is 19.1. The summed E-state index contributed by atoms with van der Waals surface area (Å²) in [4.78, 5) is 0. The summed E-state index contributed by atoms with van der Waals surface area (Å²) in [6.07, 6.45) is 0. The van der Waals surface area contributed by atoms with E-state index >= 15 is 0 Å². The zero-order valence-corrected chi connectivity index (χ0v) is 14.0. The molecule has 0 bridgehead atoms. The Kier molecular flexibility index (Phi) is 10.1. The Morgan fingerprint density at radius 3 is 1.70 bits per heavy atom. The van der Waals surface area contributed by atoms with Crippen LogP contribution >= 0.6 is 37.2 Å². The molecule has 0 radical (unpaired) electrons. The number of benzene rings is 1. The van der Waals surface area contributed by atoms with E-state index in [1.54, 1.807) is 0 Å². The molecule has 0 heterocycles. The molecule has 0 spiro atoms. The van der Waals surface area contributed by atoms with Crippen LogP contribution in [0.4, 0.5) is 0 Å². The molecule has 0 unspecified atom stereocenters. The van der Waals surface area contributed by atoms with Gasteiger partial charge in [0, 0.05) is 10.2 Å². The molecule has 0 amide bonds. The maximum Gasteiger partial charge on any atom is 0.0384 e. The average Bonchev–Trinajstić information content (AvgIpc) is 1.91. The van der Waals surface area contributed by atoms with Gasteiger partial charge < -0.3 is 0 Å². The molecule has 0 aliphatic rings. The predicted octanol–water partition coefficient (Wildman–Crippen LogP) is -1.55. The molecule has 1 rings (SSSR count). The van der Waals surface area contributed by atoms with Crippen molar-refractivity contribution >= 4 is 52.7 Å². The van der Waals surface area contributed by atoms with Gasteiger partial charge in [0.05, 0.1) is 0 Å². The fourth-order valence-corrected chi connectivity index (χ4v) is 0.919. The van der Waals surface area contributed by atoms with Crippen LogP contribution in [0.5, 0.6) is 0 Å². The van der Waals surface area contributed by atoms with Gasteiger partial charge >= 0.3 is 50.5 Å². The Morgan fingerprint density at radius 1 is 1.10 bits per heavy atom. The Hall–Kier alpha value is 1.63. The molecule has 0 aromatic heterocycles. The van der Waals surface area contributed by atoms with Crippen LogP contribution in [-0.4, -0.2) is 10.2 Å². The van der Waals surface area contributed by atoms with Crippen LogP contribution in [0.15, 0.2) is 30.3 Å². The quantitative estimate of drug-likeness (QED) is 0.307. The Morgan fingerprint density at radius 2 is 1.50 bits per heavy atom. The van der Waals surface area contributed by atoms with Gasteiger partial charge in [0.1, 0.15) is 0 Å². The van der Waals surface area contributed by atoms with Crippen LogP contribution < -0.4 is 18.4 Å². The van der Waals surface area contributed by atoms with Crippen molar-refractivity contribution in [3.05, 3.63) is 30.3 Å². The second kappa shape index (κ2) is 8.72. The predicted molar refractivity (Wildman–Crippen MR) is 64.1 cm³/mol. The molecular weight excluding hydrogens is 481 g/mol. The third kappa shape index (κ3) is 7.73. The van der Waals surface area contributed by atoms with E-state index in [2.05, 4.69) is 61.5 Å². The van der Waals surface area contributed by atoms with Gasteiger partial charge in [0.2, 0.25) is 0 Å². The van der Waals surface area contributed by atoms with Gasteiger partial charge in [-0.2, -0.15) is 0 Å². The fraction of sp³-hybridized carbons (Fsp3) is 0. The SMILES string of the molecule is I[I-]I.[SiH3]c1ccccc1. The summed E-state index contributed by atoms with van der Waals surface area (Å²) < 4.78 is 0. The standard InChI is InChI=1S/C6H8Si.I3/c7-6-4-2-1-3-5-6;1-3-2/h1-5H,7H3;/q;-1. The molecule has 1 aromatic carbocycles. The molecule has 0 aliphatic heterocycles. The summed E-state index contributed by atoms with van der Waals surface area (Å²) >= 11 is 5.30. The van der Waals surface area contributed by atoms with E-state index in [-0.39, 0.29) is 0 Å². The third-order valence-electron chi connectivity index (χ3n) is 0.940. The molecule has 0 fully saturated rings. The first-order valence-corrected chi connectivity index (χ1v) is 16.3. The van der Waals surface area contributed by atoms with Crippen LogP contribution in [0.1, 0.15) is 0 Å². The fourth-order valence-electron chi connectivity index (χ4n) is 0.534. The van der Waals surface area contributed by atoms with E-state index in [9.17, 15) is 0 Å². The summed E-state index contributed by atoms with van der Waals surface area (Å²) in [6.45, 7) is 0. The van der Waals surface area contributed by atoms with Gasteiger partial charge in [-0.15, -0.1) is 0 Å². The smallest absolute Gasteiger partial charge is 0.0384 e. The summed E-state index contributed by atoms with van der Waals surface area (Å²) in [5.41, 5.74) is 0. The van der Waals surface area contributed by atoms with Crippen molar-refractivity contribution in [2.24, 2.45) is 0 Å². The number of hydrogen-bond acceptors (Lipinski definition) is 0. The van der Waals surface area contributed by atoms with Gasteiger partial charge in [-0.1, -0.05) is 35.5 Å². The van der Waals surface area contributed by atoms with Crippen LogP contribution in [0.3, 0.4) is 0 Å². The first-order chi connectivity index (χ1) is 4.81. The summed E-state index contributed by atoms with van der Waals surface area (Å²) in [5.74, 6) is 0. The molecule has 0 nitrogen and oxygen atoms in total. The van der Waals surface area contributed by atoms with Crippen molar-refractivity contribution in [3.8, 4) is 0 Å². The van der Waals surface area contributed by atoms with Crippen molar-refractivity contribution in [2.75, 3.05) is 0 Å². The summed E-state index contributed by atoms with van der Waals surface area (Å²) in [7, 11) is 1.17. The van der Waals surface area contributed by atoms with Gasteiger partial charge in [-0.05, 0) is 0 Å². The number of halogens is 3. The van der Waals surface area contributed by atoms with E-state index in [0.717, 1.165) is 0 Å². The molecule has 0 atom stereocenters. The van der Waals surface area contributed by atoms with Crippen molar-refractivity contribution < 1.29 is 13.3 Å². The Bertz CT molecular complexity index is 154. The maximum atomic E-state index is 2.39. The van der Waals surface area contributed by atoms with E-state index in [1.165, 1.54) is 15.4 Å². The van der Waals surface area contributed by atoms with E-state index < -0.39 is 0 Å². The average molecular weight is 489 g/mol. The summed E-state index contributed by atoms with van der Waals surface area (Å²) in [5, 5.41) is 1.46. The minimum absolute atomic E-state index is 0.530. The van der Waals surface area contributed by atoms with Crippen molar-refractivity contribution in [3.63, 3.8) is 0 Å². The number of hydrogen-bond donors (Lipinski definition) is 0. The number of rotatable bonds is 0. The van der Waals surface area contributed by atoms with E-state index in [1.807, 2.05) is 6.07 Å². The molecular formula is C6H8I3Si-. The van der Waals surface area contributed by atoms with Gasteiger partial charge in [0.25, 0.3) is 0 Å². The zero-order valence-electron chi connectivity index (χ0n) is 5.52. The topological polar surface area (TPSA) is 0 Å². The van der Waals surface area contributed by atoms with Crippen molar-refractivity contribution in [2.45, 2.75) is 0 Å². The van der Waals surface area contributed by atoms with Crippen LogP contribution in [0, 0.1) is 0 Å². The van der Waals surface area contributed by atoms with Crippen LogP contribution in [-0.2, 0) is 0 Å². The Labute approximate surface area is 94.6 Å². The summed E-state index contributed by atoms with van der Waals surface area (Å²) in [6, 6.07) is 10.5. The van der Waals surface area contributed by atoms with Crippen LogP contribution in [0.2, 0.25) is 0 Å². The molecule has 1 aromatic rings. The van der Waals surface area contributed by atoms with E-state index in [0.29, 0.717) is 13.3 Å². The van der Waals surface area contributed by atoms with Crippen LogP contribution in [0.25, 0.3) is 0 Å². The first-order valence-electron chi connectivity index (χ1n) is 2.70. The molecule has 0 N–H and O–H groups in total. The largest absolute Gasteiger partial charge is 0.0708 e. The molecule has 4 heteroatoms. The maximum absolute atomic E-state index is 2.39. The normalized spacial score (nSPS) is 8.60. The second-order valence-electron chi connectivity index (χ2n) is 1.71. The van der Waals surface area contributed by atoms with E-state index in [4.69, 9.17) is 0 Å².